The van der Waals surface area contributed by atoms with Gasteiger partial charge in [-0.2, -0.15) is 0 Å². The lowest BCUT2D eigenvalue weighted by molar-refractivity contribution is -0.162. The molecule has 3 amide bonds. The van der Waals surface area contributed by atoms with Gasteiger partial charge in [0.2, 0.25) is 0 Å². The molecule has 6 nitrogen and oxygen atoms in total. The van der Waals surface area contributed by atoms with Crippen LogP contribution in [0.3, 0.4) is 0 Å². The maximum absolute atomic E-state index is 11.1. The smallest absolute Gasteiger partial charge is 0.349 e. The summed E-state index contributed by atoms with van der Waals surface area (Å²) in [5, 5.41) is 11.5. The Morgan fingerprint density at radius 1 is 1.67 bits per heavy atom. The van der Waals surface area contributed by atoms with Crippen LogP contribution in [0.15, 0.2) is 0 Å². The predicted octanol–water partition coefficient (Wildman–Crippen LogP) is -1.15. The zero-order chi connectivity index (χ0) is 9.14. The highest BCUT2D eigenvalue weighted by Gasteiger charge is 2.38. The van der Waals surface area contributed by atoms with E-state index in [9.17, 15) is 9.59 Å². The average Bonchev–Trinajstić information content (AvgIpc) is 2.32. The summed E-state index contributed by atoms with van der Waals surface area (Å²) in [6.45, 7) is 1.48. The van der Waals surface area contributed by atoms with E-state index in [2.05, 4.69) is 5.32 Å². The average molecular weight is 174 g/mol. The van der Waals surface area contributed by atoms with Crippen LogP contribution in [0.2, 0.25) is 0 Å². The summed E-state index contributed by atoms with van der Waals surface area (Å²) in [4.78, 5) is 26.7. The molecule has 1 rings (SSSR count). The van der Waals surface area contributed by atoms with Crippen LogP contribution in [0.4, 0.5) is 4.79 Å². The summed E-state index contributed by atoms with van der Waals surface area (Å²) < 4.78 is 0. The van der Waals surface area contributed by atoms with E-state index < -0.39 is 24.6 Å². The number of hydroxylamine groups is 2. The van der Waals surface area contributed by atoms with Crippen molar-refractivity contribution in [1.29, 1.82) is 0 Å². The topological polar surface area (TPSA) is 78.9 Å². The zero-order valence-electron chi connectivity index (χ0n) is 6.61. The van der Waals surface area contributed by atoms with E-state index in [1.165, 1.54) is 0 Å². The molecule has 0 unspecified atom stereocenters. The van der Waals surface area contributed by atoms with Crippen LogP contribution in [0.1, 0.15) is 6.92 Å². The molecule has 0 saturated carbocycles. The van der Waals surface area contributed by atoms with Crippen molar-refractivity contribution in [3.8, 4) is 0 Å². The molecule has 6 heteroatoms. The van der Waals surface area contributed by atoms with Crippen molar-refractivity contribution in [3.05, 3.63) is 0 Å². The molecular weight excluding hydrogens is 164 g/mol. The van der Waals surface area contributed by atoms with Crippen molar-refractivity contribution >= 4 is 11.9 Å². The second-order valence-corrected chi connectivity index (χ2v) is 2.24. The van der Waals surface area contributed by atoms with Crippen LogP contribution in [0.5, 0.6) is 0 Å². The molecule has 0 radical (unpaired) electrons. The third kappa shape index (κ3) is 1.39. The molecule has 2 N–H and O–H groups in total. The van der Waals surface area contributed by atoms with Gasteiger partial charge in [0.25, 0.3) is 5.91 Å². The molecule has 12 heavy (non-hydrogen) atoms. The van der Waals surface area contributed by atoms with Crippen LogP contribution in [-0.4, -0.2) is 41.4 Å². The summed E-state index contributed by atoms with van der Waals surface area (Å²) in [6, 6.07) is -1.48. The van der Waals surface area contributed by atoms with E-state index in [-0.39, 0.29) is 6.61 Å². The highest BCUT2D eigenvalue weighted by Crippen LogP contribution is 2.05. The van der Waals surface area contributed by atoms with Gasteiger partial charge in [-0.25, -0.2) is 4.79 Å². The summed E-state index contributed by atoms with van der Waals surface area (Å²) >= 11 is 0. The van der Waals surface area contributed by atoms with E-state index in [0.717, 1.165) is 0 Å². The van der Waals surface area contributed by atoms with Gasteiger partial charge in [-0.05, 0) is 6.92 Å². The molecule has 1 aliphatic heterocycles. The minimum atomic E-state index is -0.857. The van der Waals surface area contributed by atoms with Crippen molar-refractivity contribution < 1.29 is 19.5 Å². The lowest BCUT2D eigenvalue weighted by atomic mass is 10.3. The monoisotopic (exact) mass is 174 g/mol. The van der Waals surface area contributed by atoms with Crippen molar-refractivity contribution in [2.45, 2.75) is 13.0 Å². The third-order valence-corrected chi connectivity index (χ3v) is 1.42. The largest absolute Gasteiger partial charge is 0.394 e. The number of aliphatic hydroxyl groups is 1. The molecule has 1 heterocycles. The Bertz CT molecular complexity index is 206. The number of hydrogen-bond acceptors (Lipinski definition) is 4. The van der Waals surface area contributed by atoms with Gasteiger partial charge in [0.1, 0.15) is 6.04 Å². The molecule has 0 aromatic carbocycles. The van der Waals surface area contributed by atoms with Gasteiger partial charge in [-0.1, -0.05) is 0 Å². The first-order chi connectivity index (χ1) is 5.70. The minimum absolute atomic E-state index is 0.233. The number of urea groups is 1. The first kappa shape index (κ1) is 8.95. The number of rotatable bonds is 3. The number of hydrogen-bond donors (Lipinski definition) is 2. The Morgan fingerprint density at radius 3 is 2.75 bits per heavy atom. The molecule has 0 aliphatic carbocycles. The second kappa shape index (κ2) is 3.51. The van der Waals surface area contributed by atoms with Crippen LogP contribution in [0.25, 0.3) is 0 Å². The number of carbonyl (C=O) groups is 2. The van der Waals surface area contributed by atoms with Gasteiger partial charge >= 0.3 is 6.03 Å². The molecule has 1 fully saturated rings. The number of nitrogens with zero attached hydrogens (tertiary/aromatic N) is 1. The van der Waals surface area contributed by atoms with Crippen LogP contribution in [0, 0.1) is 0 Å². The quantitative estimate of drug-likeness (QED) is 0.529. The Morgan fingerprint density at radius 2 is 2.33 bits per heavy atom. The van der Waals surface area contributed by atoms with Gasteiger partial charge in [0.15, 0.2) is 0 Å². The third-order valence-electron chi connectivity index (χ3n) is 1.42. The fourth-order valence-corrected chi connectivity index (χ4v) is 0.886. The van der Waals surface area contributed by atoms with Crippen LogP contribution < -0.4 is 5.32 Å². The molecule has 1 saturated heterocycles. The standard InChI is InChI=1S/C6H10N2O4/c1-2-12-8-5(10)4(3-9)7-6(8)11/h4,9H,2-3H2,1H3,(H,7,11)/t4-/m0/s1. The summed E-state index contributed by atoms with van der Waals surface area (Å²) in [7, 11) is 0. The van der Waals surface area contributed by atoms with Gasteiger partial charge in [0, 0.05) is 0 Å². The van der Waals surface area contributed by atoms with E-state index in [0.29, 0.717) is 5.06 Å². The fraction of sp³-hybridized carbons (Fsp3) is 0.667. The molecule has 0 aromatic rings. The lowest BCUT2D eigenvalue weighted by Gasteiger charge is -2.09. The van der Waals surface area contributed by atoms with Gasteiger partial charge in [0.05, 0.1) is 13.2 Å². The SMILES string of the molecule is CCON1C(=O)N[C@@H](CO)C1=O. The van der Waals surface area contributed by atoms with Gasteiger partial charge in [-0.3, -0.25) is 9.63 Å². The zero-order valence-corrected chi connectivity index (χ0v) is 6.61. The van der Waals surface area contributed by atoms with E-state index >= 15 is 0 Å². The van der Waals surface area contributed by atoms with Crippen LogP contribution in [-0.2, 0) is 9.63 Å². The minimum Gasteiger partial charge on any atom is -0.394 e. The molecule has 0 spiro atoms. The first-order valence-electron chi connectivity index (χ1n) is 3.59. The van der Waals surface area contributed by atoms with E-state index in [1.54, 1.807) is 6.92 Å². The van der Waals surface area contributed by atoms with Crippen LogP contribution >= 0.6 is 0 Å². The normalized spacial score (nSPS) is 23.2. The Kier molecular flexibility index (Phi) is 2.61. The molecule has 1 aliphatic rings. The molecular formula is C6H10N2O4. The number of imide groups is 1. The number of nitrogens with one attached hydrogen (secondary N) is 1. The van der Waals surface area contributed by atoms with Crippen molar-refractivity contribution in [1.82, 2.24) is 10.4 Å². The van der Waals surface area contributed by atoms with Crippen molar-refractivity contribution in [3.63, 3.8) is 0 Å². The maximum atomic E-state index is 11.1. The number of amides is 3. The molecule has 0 aromatic heterocycles. The molecule has 0 bridgehead atoms. The summed E-state index contributed by atoms with van der Waals surface area (Å²) in [6.07, 6.45) is 0. The lowest BCUT2D eigenvalue weighted by Crippen LogP contribution is -2.33. The summed E-state index contributed by atoms with van der Waals surface area (Å²) in [5.74, 6) is -0.552. The Labute approximate surface area is 69.1 Å². The second-order valence-electron chi connectivity index (χ2n) is 2.24. The first-order valence-corrected chi connectivity index (χ1v) is 3.59. The van der Waals surface area contributed by atoms with E-state index in [1.807, 2.05) is 0 Å². The van der Waals surface area contributed by atoms with Gasteiger partial charge < -0.3 is 10.4 Å². The highest BCUT2D eigenvalue weighted by molar-refractivity contribution is 6.03. The maximum Gasteiger partial charge on any atom is 0.349 e. The van der Waals surface area contributed by atoms with E-state index in [4.69, 9.17) is 9.94 Å². The number of aliphatic hydroxyl groups excluding tert-OH is 1. The number of carbonyl (C=O) groups excluding carboxylic acids is 2. The molecule has 1 atom stereocenters. The fourth-order valence-electron chi connectivity index (χ4n) is 0.886. The Balaban J connectivity index is 2.64. The van der Waals surface area contributed by atoms with Crippen molar-refractivity contribution in [2.24, 2.45) is 0 Å². The molecule has 68 valence electrons. The Hall–Kier alpha value is -1.14. The summed E-state index contributed by atoms with van der Waals surface area (Å²) in [5.41, 5.74) is 0. The van der Waals surface area contributed by atoms with Gasteiger partial charge in [-0.15, -0.1) is 5.06 Å². The van der Waals surface area contributed by atoms with Crippen molar-refractivity contribution in [2.75, 3.05) is 13.2 Å². The predicted molar refractivity (Wildman–Crippen MR) is 37.9 cm³/mol. The highest BCUT2D eigenvalue weighted by atomic mass is 16.7.